The average molecular weight is 228 g/mol. The number of ether oxygens (including phenoxy) is 1. The van der Waals surface area contributed by atoms with Crippen molar-refractivity contribution in [2.75, 3.05) is 19.8 Å². The number of rotatable bonds is 4. The van der Waals surface area contributed by atoms with E-state index in [0.717, 1.165) is 50.8 Å². The van der Waals surface area contributed by atoms with Crippen LogP contribution in [0.15, 0.2) is 10.2 Å². The SMILES string of the molecule is O=c1[nH]c(CNCC2CCOCC2)cs1. The Morgan fingerprint density at radius 3 is 3.00 bits per heavy atom. The Bertz CT molecular complexity index is 341. The fraction of sp³-hybridized carbons (Fsp3) is 0.700. The summed E-state index contributed by atoms with van der Waals surface area (Å²) in [7, 11) is 0. The van der Waals surface area contributed by atoms with Gasteiger partial charge in [-0.2, -0.15) is 0 Å². The monoisotopic (exact) mass is 228 g/mol. The van der Waals surface area contributed by atoms with Crippen molar-refractivity contribution in [1.29, 1.82) is 0 Å². The first-order chi connectivity index (χ1) is 7.34. The standard InChI is InChI=1S/C10H16N2O2S/c13-10-12-9(7-15-10)6-11-5-8-1-3-14-4-2-8/h7-8,11H,1-6H2,(H,12,13). The van der Waals surface area contributed by atoms with Crippen LogP contribution in [0.3, 0.4) is 0 Å². The van der Waals surface area contributed by atoms with Crippen molar-refractivity contribution in [3.05, 3.63) is 20.7 Å². The highest BCUT2D eigenvalue weighted by atomic mass is 32.1. The lowest BCUT2D eigenvalue weighted by atomic mass is 10.0. The van der Waals surface area contributed by atoms with Crippen LogP contribution in [0.25, 0.3) is 0 Å². The van der Waals surface area contributed by atoms with Crippen molar-refractivity contribution in [1.82, 2.24) is 10.3 Å². The van der Waals surface area contributed by atoms with E-state index in [0.29, 0.717) is 0 Å². The molecule has 0 spiro atoms. The molecule has 0 bridgehead atoms. The van der Waals surface area contributed by atoms with E-state index in [1.807, 2.05) is 5.38 Å². The zero-order valence-electron chi connectivity index (χ0n) is 8.62. The van der Waals surface area contributed by atoms with Crippen LogP contribution in [-0.2, 0) is 11.3 Å². The quantitative estimate of drug-likeness (QED) is 0.807. The van der Waals surface area contributed by atoms with Gasteiger partial charge in [0.2, 0.25) is 0 Å². The van der Waals surface area contributed by atoms with Crippen LogP contribution in [-0.4, -0.2) is 24.7 Å². The summed E-state index contributed by atoms with van der Waals surface area (Å²) in [5.74, 6) is 0.726. The van der Waals surface area contributed by atoms with Crippen molar-refractivity contribution in [3.8, 4) is 0 Å². The summed E-state index contributed by atoms with van der Waals surface area (Å²) in [4.78, 5) is 13.7. The highest BCUT2D eigenvalue weighted by molar-refractivity contribution is 7.07. The molecule has 0 aromatic carbocycles. The van der Waals surface area contributed by atoms with Crippen LogP contribution in [0.5, 0.6) is 0 Å². The minimum atomic E-state index is 0.0258. The summed E-state index contributed by atoms with van der Waals surface area (Å²) in [6.45, 7) is 3.56. The average Bonchev–Trinajstić information content (AvgIpc) is 2.66. The first kappa shape index (κ1) is 10.9. The number of hydrogen-bond acceptors (Lipinski definition) is 4. The molecule has 1 aliphatic rings. The van der Waals surface area contributed by atoms with E-state index in [1.165, 1.54) is 11.3 Å². The Kier molecular flexibility index (Phi) is 3.94. The van der Waals surface area contributed by atoms with Crippen LogP contribution in [0.2, 0.25) is 0 Å². The largest absolute Gasteiger partial charge is 0.381 e. The van der Waals surface area contributed by atoms with E-state index in [2.05, 4.69) is 10.3 Å². The molecule has 4 nitrogen and oxygen atoms in total. The topological polar surface area (TPSA) is 54.1 Å². The third kappa shape index (κ3) is 3.44. The van der Waals surface area contributed by atoms with Gasteiger partial charge in [0.05, 0.1) is 0 Å². The van der Waals surface area contributed by atoms with Gasteiger partial charge in [-0.15, -0.1) is 0 Å². The number of hydrogen-bond donors (Lipinski definition) is 2. The van der Waals surface area contributed by atoms with E-state index in [9.17, 15) is 4.79 Å². The molecular weight excluding hydrogens is 212 g/mol. The highest BCUT2D eigenvalue weighted by Gasteiger charge is 2.12. The maximum atomic E-state index is 10.9. The third-order valence-corrected chi connectivity index (χ3v) is 3.38. The van der Waals surface area contributed by atoms with Gasteiger partial charge < -0.3 is 15.0 Å². The summed E-state index contributed by atoms with van der Waals surface area (Å²) in [6.07, 6.45) is 2.29. The van der Waals surface area contributed by atoms with Crippen molar-refractivity contribution in [2.24, 2.45) is 5.92 Å². The first-order valence-corrected chi connectivity index (χ1v) is 6.18. The minimum absolute atomic E-state index is 0.0258. The summed E-state index contributed by atoms with van der Waals surface area (Å²) in [6, 6.07) is 0. The number of thiazole rings is 1. The summed E-state index contributed by atoms with van der Waals surface area (Å²) < 4.78 is 5.29. The van der Waals surface area contributed by atoms with Crippen LogP contribution >= 0.6 is 11.3 Å². The smallest absolute Gasteiger partial charge is 0.304 e. The van der Waals surface area contributed by atoms with Gasteiger partial charge in [-0.1, -0.05) is 11.3 Å². The predicted octanol–water partition coefficient (Wildman–Crippen LogP) is 0.953. The molecule has 2 N–H and O–H groups in total. The molecule has 84 valence electrons. The van der Waals surface area contributed by atoms with Crippen LogP contribution in [0.4, 0.5) is 0 Å². The van der Waals surface area contributed by atoms with Gasteiger partial charge in [-0.3, -0.25) is 4.79 Å². The Labute approximate surface area is 92.7 Å². The minimum Gasteiger partial charge on any atom is -0.381 e. The third-order valence-electron chi connectivity index (χ3n) is 2.66. The Balaban J connectivity index is 1.68. The molecule has 1 fully saturated rings. The van der Waals surface area contributed by atoms with E-state index in [1.54, 1.807) is 0 Å². The van der Waals surface area contributed by atoms with Crippen LogP contribution in [0.1, 0.15) is 18.5 Å². The molecule has 0 amide bonds. The fourth-order valence-corrected chi connectivity index (χ4v) is 2.34. The first-order valence-electron chi connectivity index (χ1n) is 5.30. The summed E-state index contributed by atoms with van der Waals surface area (Å²) in [5, 5.41) is 5.24. The van der Waals surface area contributed by atoms with Gasteiger partial charge in [-0.25, -0.2) is 0 Å². The highest BCUT2D eigenvalue weighted by Crippen LogP contribution is 2.13. The van der Waals surface area contributed by atoms with Gasteiger partial charge in [0.15, 0.2) is 0 Å². The lowest BCUT2D eigenvalue weighted by Crippen LogP contribution is -2.27. The van der Waals surface area contributed by atoms with Gasteiger partial charge in [-0.05, 0) is 25.3 Å². The molecule has 1 aromatic heterocycles. The van der Waals surface area contributed by atoms with Crippen molar-refractivity contribution >= 4 is 11.3 Å². The Hall–Kier alpha value is -0.650. The Morgan fingerprint density at radius 1 is 1.53 bits per heavy atom. The van der Waals surface area contributed by atoms with E-state index >= 15 is 0 Å². The molecule has 15 heavy (non-hydrogen) atoms. The summed E-state index contributed by atoms with van der Waals surface area (Å²) >= 11 is 1.22. The second kappa shape index (κ2) is 5.44. The van der Waals surface area contributed by atoms with E-state index in [-0.39, 0.29) is 4.87 Å². The second-order valence-corrected chi connectivity index (χ2v) is 4.70. The number of aromatic nitrogens is 1. The predicted molar refractivity (Wildman–Crippen MR) is 60.2 cm³/mol. The molecular formula is C10H16N2O2S. The van der Waals surface area contributed by atoms with Gasteiger partial charge >= 0.3 is 4.87 Å². The van der Waals surface area contributed by atoms with Crippen LogP contribution in [0, 0.1) is 5.92 Å². The maximum absolute atomic E-state index is 10.9. The van der Waals surface area contributed by atoms with Crippen molar-refractivity contribution in [2.45, 2.75) is 19.4 Å². The zero-order chi connectivity index (χ0) is 10.5. The normalized spacial score (nSPS) is 18.1. The van der Waals surface area contributed by atoms with E-state index in [4.69, 9.17) is 4.74 Å². The molecule has 0 atom stereocenters. The lowest BCUT2D eigenvalue weighted by Gasteiger charge is -2.22. The zero-order valence-corrected chi connectivity index (χ0v) is 9.44. The second-order valence-electron chi connectivity index (χ2n) is 3.86. The molecule has 0 radical (unpaired) electrons. The number of aromatic amines is 1. The molecule has 5 heteroatoms. The molecule has 0 saturated carbocycles. The fourth-order valence-electron chi connectivity index (χ4n) is 1.76. The summed E-state index contributed by atoms with van der Waals surface area (Å²) in [5.41, 5.74) is 0.983. The van der Waals surface area contributed by atoms with E-state index < -0.39 is 0 Å². The molecule has 1 aliphatic heterocycles. The molecule has 2 rings (SSSR count). The van der Waals surface area contributed by atoms with Crippen molar-refractivity contribution < 1.29 is 4.74 Å². The van der Waals surface area contributed by atoms with Gasteiger partial charge in [0.25, 0.3) is 0 Å². The van der Waals surface area contributed by atoms with Gasteiger partial charge in [0, 0.05) is 30.8 Å². The molecule has 1 aromatic rings. The molecule has 0 unspecified atom stereocenters. The number of H-pyrrole nitrogens is 1. The van der Waals surface area contributed by atoms with Crippen molar-refractivity contribution in [3.63, 3.8) is 0 Å². The Morgan fingerprint density at radius 2 is 2.33 bits per heavy atom. The van der Waals surface area contributed by atoms with Gasteiger partial charge in [0.1, 0.15) is 0 Å². The molecule has 0 aliphatic carbocycles. The number of nitrogens with one attached hydrogen (secondary N) is 2. The lowest BCUT2D eigenvalue weighted by molar-refractivity contribution is 0.0662. The molecule has 2 heterocycles. The maximum Gasteiger partial charge on any atom is 0.304 e. The van der Waals surface area contributed by atoms with Crippen LogP contribution < -0.4 is 10.2 Å². The molecule has 1 saturated heterocycles.